The van der Waals surface area contributed by atoms with Crippen LogP contribution in [0.1, 0.15) is 38.5 Å². The van der Waals surface area contributed by atoms with E-state index in [-0.39, 0.29) is 0 Å². The van der Waals surface area contributed by atoms with Gasteiger partial charge in [-0.3, -0.25) is 0 Å². The van der Waals surface area contributed by atoms with Crippen molar-refractivity contribution >= 4 is 11.6 Å². The third-order valence-corrected chi connectivity index (χ3v) is 4.42. The fourth-order valence-electron chi connectivity index (χ4n) is 3.57. The van der Waals surface area contributed by atoms with Crippen molar-refractivity contribution in [1.29, 1.82) is 0 Å². The first-order chi connectivity index (χ1) is 8.88. The van der Waals surface area contributed by atoms with Crippen molar-refractivity contribution in [3.05, 3.63) is 18.2 Å². The maximum absolute atomic E-state index is 5.45. The molecular formula is C14H22N4. The van der Waals surface area contributed by atoms with Crippen LogP contribution >= 0.6 is 0 Å². The highest BCUT2D eigenvalue weighted by Gasteiger charge is 2.33. The maximum Gasteiger partial charge on any atom is 0.142 e. The minimum Gasteiger partial charge on any atom is -0.353 e. The van der Waals surface area contributed by atoms with Crippen molar-refractivity contribution in [3.63, 3.8) is 0 Å². The lowest BCUT2D eigenvalue weighted by atomic mass is 9.78. The molecule has 1 aromatic rings. The smallest absolute Gasteiger partial charge is 0.142 e. The van der Waals surface area contributed by atoms with E-state index in [1.807, 2.05) is 12.1 Å². The van der Waals surface area contributed by atoms with Crippen molar-refractivity contribution < 1.29 is 0 Å². The van der Waals surface area contributed by atoms with Gasteiger partial charge in [-0.15, -0.1) is 0 Å². The maximum atomic E-state index is 5.45. The molecule has 2 aliphatic rings. The number of nitrogens with zero attached hydrogens (tertiary/aromatic N) is 2. The SMILES string of the molecule is NNc1cccc(N2CCC[C@H]3CCCC[C@H]32)n1. The van der Waals surface area contributed by atoms with Gasteiger partial charge in [-0.1, -0.05) is 18.9 Å². The van der Waals surface area contributed by atoms with Crippen LogP contribution in [-0.4, -0.2) is 17.6 Å². The van der Waals surface area contributed by atoms with Crippen LogP contribution in [0.3, 0.4) is 0 Å². The van der Waals surface area contributed by atoms with Gasteiger partial charge in [-0.2, -0.15) is 0 Å². The largest absolute Gasteiger partial charge is 0.353 e. The third-order valence-electron chi connectivity index (χ3n) is 4.42. The number of rotatable bonds is 2. The Labute approximate surface area is 109 Å². The molecule has 2 heterocycles. The second-order valence-electron chi connectivity index (χ2n) is 5.47. The van der Waals surface area contributed by atoms with Gasteiger partial charge in [-0.25, -0.2) is 10.8 Å². The molecule has 1 saturated heterocycles. The van der Waals surface area contributed by atoms with Crippen molar-refractivity contribution in [2.45, 2.75) is 44.6 Å². The Hall–Kier alpha value is -1.29. The van der Waals surface area contributed by atoms with Gasteiger partial charge < -0.3 is 10.3 Å². The molecule has 3 rings (SSSR count). The van der Waals surface area contributed by atoms with Crippen molar-refractivity contribution in [2.24, 2.45) is 11.8 Å². The van der Waals surface area contributed by atoms with Crippen LogP contribution in [0.4, 0.5) is 11.6 Å². The first-order valence-electron chi connectivity index (χ1n) is 7.09. The predicted molar refractivity (Wildman–Crippen MR) is 74.4 cm³/mol. The van der Waals surface area contributed by atoms with Gasteiger partial charge in [0.25, 0.3) is 0 Å². The molecule has 0 amide bonds. The van der Waals surface area contributed by atoms with Gasteiger partial charge in [0.15, 0.2) is 0 Å². The molecular weight excluding hydrogens is 224 g/mol. The topological polar surface area (TPSA) is 54.2 Å². The van der Waals surface area contributed by atoms with Gasteiger partial charge in [0.2, 0.25) is 0 Å². The molecule has 4 nitrogen and oxygen atoms in total. The normalized spacial score (nSPS) is 27.7. The second kappa shape index (κ2) is 5.14. The summed E-state index contributed by atoms with van der Waals surface area (Å²) in [4.78, 5) is 7.10. The summed E-state index contributed by atoms with van der Waals surface area (Å²) in [7, 11) is 0. The second-order valence-corrected chi connectivity index (χ2v) is 5.47. The molecule has 0 unspecified atom stereocenters. The van der Waals surface area contributed by atoms with Gasteiger partial charge in [0.05, 0.1) is 0 Å². The van der Waals surface area contributed by atoms with Crippen LogP contribution in [0.15, 0.2) is 18.2 Å². The molecule has 1 saturated carbocycles. The monoisotopic (exact) mass is 246 g/mol. The molecule has 98 valence electrons. The predicted octanol–water partition coefficient (Wildman–Crippen LogP) is 2.53. The summed E-state index contributed by atoms with van der Waals surface area (Å²) in [6, 6.07) is 6.75. The molecule has 0 aromatic carbocycles. The van der Waals surface area contributed by atoms with Crippen LogP contribution in [0, 0.1) is 5.92 Å². The Kier molecular flexibility index (Phi) is 3.37. The third kappa shape index (κ3) is 2.17. The number of anilines is 2. The van der Waals surface area contributed by atoms with Crippen molar-refractivity contribution in [3.8, 4) is 0 Å². The molecule has 4 heteroatoms. The number of hydrazine groups is 1. The average Bonchev–Trinajstić information content (AvgIpc) is 2.47. The number of aromatic nitrogens is 1. The molecule has 2 atom stereocenters. The molecule has 1 aliphatic carbocycles. The first kappa shape index (κ1) is 11.8. The molecule has 0 radical (unpaired) electrons. The van der Waals surface area contributed by atoms with E-state index in [2.05, 4.69) is 21.4 Å². The summed E-state index contributed by atoms with van der Waals surface area (Å²) in [5, 5.41) is 0. The van der Waals surface area contributed by atoms with Crippen LogP contribution in [0.25, 0.3) is 0 Å². The Bertz CT molecular complexity index is 405. The van der Waals surface area contributed by atoms with E-state index in [4.69, 9.17) is 5.84 Å². The number of pyridine rings is 1. The summed E-state index contributed by atoms with van der Waals surface area (Å²) in [6.45, 7) is 1.14. The summed E-state index contributed by atoms with van der Waals surface area (Å²) in [5.74, 6) is 8.17. The van der Waals surface area contributed by atoms with E-state index in [9.17, 15) is 0 Å². The molecule has 0 bridgehead atoms. The summed E-state index contributed by atoms with van der Waals surface area (Å²) >= 11 is 0. The van der Waals surface area contributed by atoms with Crippen LogP contribution < -0.4 is 16.2 Å². The van der Waals surface area contributed by atoms with E-state index >= 15 is 0 Å². The van der Waals surface area contributed by atoms with Crippen LogP contribution in [0.2, 0.25) is 0 Å². The van der Waals surface area contributed by atoms with Crippen molar-refractivity contribution in [1.82, 2.24) is 4.98 Å². The highest BCUT2D eigenvalue weighted by molar-refractivity contribution is 5.47. The van der Waals surface area contributed by atoms with Crippen LogP contribution in [0.5, 0.6) is 0 Å². The Morgan fingerprint density at radius 3 is 2.89 bits per heavy atom. The van der Waals surface area contributed by atoms with E-state index in [1.54, 1.807) is 0 Å². The molecule has 0 spiro atoms. The van der Waals surface area contributed by atoms with Gasteiger partial charge in [-0.05, 0) is 43.7 Å². The van der Waals surface area contributed by atoms with E-state index in [1.165, 1.54) is 38.5 Å². The Balaban J connectivity index is 1.84. The summed E-state index contributed by atoms with van der Waals surface area (Å²) < 4.78 is 0. The minimum atomic E-state index is 0.702. The standard InChI is InChI=1S/C14H22N4/c15-17-13-8-3-9-14(16-13)18-10-4-6-11-5-1-2-7-12(11)18/h3,8-9,11-12H,1-2,4-7,10,15H2,(H,16,17)/t11-,12-/m1/s1. The quantitative estimate of drug-likeness (QED) is 0.622. The minimum absolute atomic E-state index is 0.702. The molecule has 1 aromatic heterocycles. The molecule has 3 N–H and O–H groups in total. The lowest BCUT2D eigenvalue weighted by molar-refractivity contribution is 0.243. The highest BCUT2D eigenvalue weighted by Crippen LogP contribution is 2.37. The lowest BCUT2D eigenvalue weighted by Gasteiger charge is -2.44. The van der Waals surface area contributed by atoms with Gasteiger partial charge >= 0.3 is 0 Å². The fourth-order valence-corrected chi connectivity index (χ4v) is 3.57. The first-order valence-corrected chi connectivity index (χ1v) is 7.09. The zero-order chi connectivity index (χ0) is 12.4. The number of nitrogens with one attached hydrogen (secondary N) is 1. The van der Waals surface area contributed by atoms with Gasteiger partial charge in [0, 0.05) is 12.6 Å². The highest BCUT2D eigenvalue weighted by atomic mass is 15.3. The Morgan fingerprint density at radius 2 is 2.00 bits per heavy atom. The van der Waals surface area contributed by atoms with Crippen molar-refractivity contribution in [2.75, 3.05) is 16.9 Å². The number of piperidine rings is 1. The number of fused-ring (bicyclic) bond motifs is 1. The molecule has 1 aliphatic heterocycles. The van der Waals surface area contributed by atoms with Crippen LogP contribution in [-0.2, 0) is 0 Å². The van der Waals surface area contributed by atoms with Gasteiger partial charge in [0.1, 0.15) is 11.6 Å². The lowest BCUT2D eigenvalue weighted by Crippen LogP contribution is -2.47. The summed E-state index contributed by atoms with van der Waals surface area (Å²) in [5.41, 5.74) is 2.64. The Morgan fingerprint density at radius 1 is 1.17 bits per heavy atom. The number of nitrogen functional groups attached to an aromatic ring is 1. The van der Waals surface area contributed by atoms with E-state index in [0.717, 1.165) is 24.1 Å². The number of hydrogen-bond acceptors (Lipinski definition) is 4. The fraction of sp³-hybridized carbons (Fsp3) is 0.643. The molecule has 2 fully saturated rings. The number of nitrogens with two attached hydrogens (primary N) is 1. The molecule has 18 heavy (non-hydrogen) atoms. The zero-order valence-corrected chi connectivity index (χ0v) is 10.8. The average molecular weight is 246 g/mol. The summed E-state index contributed by atoms with van der Waals surface area (Å²) in [6.07, 6.45) is 8.20. The zero-order valence-electron chi connectivity index (χ0n) is 10.8. The van der Waals surface area contributed by atoms with E-state index in [0.29, 0.717) is 6.04 Å². The van der Waals surface area contributed by atoms with E-state index < -0.39 is 0 Å². The number of hydrogen-bond donors (Lipinski definition) is 2.